The van der Waals surface area contributed by atoms with Crippen molar-refractivity contribution in [1.29, 1.82) is 0 Å². The molecule has 0 amide bonds. The van der Waals surface area contributed by atoms with Crippen LogP contribution in [-0.2, 0) is 65.4 Å². The minimum atomic E-state index is -4.96. The average molecular weight is 1480 g/mol. The van der Waals surface area contributed by atoms with E-state index in [1.54, 1.807) is 0 Å². The van der Waals surface area contributed by atoms with E-state index in [-0.39, 0.29) is 25.7 Å². The molecule has 0 radical (unpaired) electrons. The molecule has 0 bridgehead atoms. The highest BCUT2D eigenvalue weighted by molar-refractivity contribution is 7.47. The highest BCUT2D eigenvalue weighted by Crippen LogP contribution is 2.45. The van der Waals surface area contributed by atoms with Gasteiger partial charge in [0.2, 0.25) is 0 Å². The molecule has 0 fully saturated rings. The van der Waals surface area contributed by atoms with Gasteiger partial charge in [0.1, 0.15) is 19.3 Å². The highest BCUT2D eigenvalue weighted by Gasteiger charge is 2.30. The van der Waals surface area contributed by atoms with Crippen molar-refractivity contribution in [2.75, 3.05) is 39.6 Å². The van der Waals surface area contributed by atoms with E-state index in [1.807, 2.05) is 0 Å². The molecule has 0 rings (SSSR count). The predicted octanol–water partition coefficient (Wildman–Crippen LogP) is 24.4. The van der Waals surface area contributed by atoms with E-state index in [9.17, 15) is 43.2 Å². The molecule has 0 aliphatic rings. The molecule has 0 aromatic carbocycles. The molecule has 3 N–H and O–H groups in total. The minimum Gasteiger partial charge on any atom is -0.462 e. The van der Waals surface area contributed by atoms with Gasteiger partial charge in [0.05, 0.1) is 26.4 Å². The molecule has 0 saturated heterocycles. The number of carbonyl (C=O) groups is 4. The van der Waals surface area contributed by atoms with Gasteiger partial charge in [-0.3, -0.25) is 37.3 Å². The molecule has 0 spiro atoms. The van der Waals surface area contributed by atoms with Crippen LogP contribution in [-0.4, -0.2) is 96.7 Å². The van der Waals surface area contributed by atoms with Gasteiger partial charge in [-0.1, -0.05) is 370 Å². The summed E-state index contributed by atoms with van der Waals surface area (Å²) >= 11 is 0. The summed E-state index contributed by atoms with van der Waals surface area (Å²) in [6.45, 7) is 14.3. The average Bonchev–Trinajstić information content (AvgIpc) is 0.932. The Bertz CT molecular complexity index is 1970. The van der Waals surface area contributed by atoms with Crippen molar-refractivity contribution in [1.82, 2.24) is 0 Å². The monoisotopic (exact) mass is 1480 g/mol. The summed E-state index contributed by atoms with van der Waals surface area (Å²) in [5, 5.41) is 10.7. The molecule has 19 heteroatoms. The zero-order valence-electron chi connectivity index (χ0n) is 66.5. The molecule has 3 unspecified atom stereocenters. The van der Waals surface area contributed by atoms with Gasteiger partial charge in [-0.25, -0.2) is 9.13 Å². The lowest BCUT2D eigenvalue weighted by Crippen LogP contribution is -2.30. The van der Waals surface area contributed by atoms with Crippen LogP contribution in [0.15, 0.2) is 0 Å². The van der Waals surface area contributed by atoms with Gasteiger partial charge in [0.15, 0.2) is 12.2 Å². The number of esters is 4. The summed E-state index contributed by atoms with van der Waals surface area (Å²) in [5.74, 6) is 1.01. The molecular weight excluding hydrogens is 1320 g/mol. The Morgan fingerprint density at radius 3 is 0.703 bits per heavy atom. The van der Waals surface area contributed by atoms with Crippen molar-refractivity contribution in [2.45, 2.75) is 440 Å². The molecule has 0 heterocycles. The van der Waals surface area contributed by atoms with Crippen molar-refractivity contribution in [3.05, 3.63) is 0 Å². The van der Waals surface area contributed by atoms with E-state index >= 15 is 0 Å². The van der Waals surface area contributed by atoms with Gasteiger partial charge in [0, 0.05) is 25.7 Å². The van der Waals surface area contributed by atoms with Crippen LogP contribution >= 0.6 is 15.6 Å². The fraction of sp³-hybridized carbons (Fsp3) is 0.951. The Morgan fingerprint density at radius 1 is 0.277 bits per heavy atom. The quantitative estimate of drug-likeness (QED) is 0.0222. The van der Waals surface area contributed by atoms with Crippen molar-refractivity contribution >= 4 is 39.5 Å². The molecule has 0 saturated carbocycles. The number of aliphatic hydroxyl groups excluding tert-OH is 1. The fourth-order valence-corrected chi connectivity index (χ4v) is 14.2. The molecule has 17 nitrogen and oxygen atoms in total. The Kier molecular flexibility index (Phi) is 69.6. The smallest absolute Gasteiger partial charge is 0.462 e. The third kappa shape index (κ3) is 74.7. The molecule has 101 heavy (non-hydrogen) atoms. The van der Waals surface area contributed by atoms with Gasteiger partial charge >= 0.3 is 39.5 Å². The summed E-state index contributed by atoms with van der Waals surface area (Å²) < 4.78 is 68.8. The molecule has 600 valence electrons. The molecule has 0 aromatic rings. The lowest BCUT2D eigenvalue weighted by molar-refractivity contribution is -0.161. The number of hydrogen-bond acceptors (Lipinski definition) is 15. The van der Waals surface area contributed by atoms with Gasteiger partial charge in [-0.15, -0.1) is 0 Å². The molecule has 0 aliphatic carbocycles. The van der Waals surface area contributed by atoms with Crippen molar-refractivity contribution in [3.63, 3.8) is 0 Å². The number of aliphatic hydroxyl groups is 1. The van der Waals surface area contributed by atoms with Crippen LogP contribution in [0.5, 0.6) is 0 Å². The van der Waals surface area contributed by atoms with Crippen LogP contribution in [0.4, 0.5) is 0 Å². The maximum absolute atomic E-state index is 13.1. The van der Waals surface area contributed by atoms with Gasteiger partial charge in [0.25, 0.3) is 0 Å². The number of hydrogen-bond donors (Lipinski definition) is 3. The maximum atomic E-state index is 13.1. The normalized spacial score (nSPS) is 14.3. The first-order chi connectivity index (χ1) is 48.6. The number of rotatable bonds is 79. The highest BCUT2D eigenvalue weighted by atomic mass is 31.2. The fourth-order valence-electron chi connectivity index (χ4n) is 12.6. The van der Waals surface area contributed by atoms with Crippen LogP contribution in [0, 0.1) is 23.7 Å². The van der Waals surface area contributed by atoms with E-state index in [1.165, 1.54) is 218 Å². The molecule has 6 atom stereocenters. The summed E-state index contributed by atoms with van der Waals surface area (Å²) in [7, 11) is -9.92. The van der Waals surface area contributed by atoms with Gasteiger partial charge < -0.3 is 33.8 Å². The van der Waals surface area contributed by atoms with Crippen LogP contribution < -0.4 is 0 Å². The van der Waals surface area contributed by atoms with E-state index in [4.69, 9.17) is 37.0 Å². The van der Waals surface area contributed by atoms with E-state index in [2.05, 4.69) is 55.4 Å². The maximum Gasteiger partial charge on any atom is 0.472 e. The third-order valence-corrected chi connectivity index (χ3v) is 21.3. The van der Waals surface area contributed by atoms with Gasteiger partial charge in [-0.05, 0) is 49.4 Å². The Hall–Kier alpha value is -1.94. The molecule has 0 aromatic heterocycles. The summed E-state index contributed by atoms with van der Waals surface area (Å²) in [6.07, 6.45) is 58.3. The second-order valence-electron chi connectivity index (χ2n) is 31.2. The largest absolute Gasteiger partial charge is 0.472 e. The molecule has 0 aliphatic heterocycles. The van der Waals surface area contributed by atoms with Gasteiger partial charge in [-0.2, -0.15) is 0 Å². The number of carbonyl (C=O) groups excluding carboxylic acids is 4. The van der Waals surface area contributed by atoms with Crippen LogP contribution in [0.3, 0.4) is 0 Å². The van der Waals surface area contributed by atoms with Crippen molar-refractivity contribution < 1.29 is 80.2 Å². The van der Waals surface area contributed by atoms with Crippen LogP contribution in [0.2, 0.25) is 0 Å². The summed E-state index contributed by atoms with van der Waals surface area (Å²) in [5.41, 5.74) is 0. The second kappa shape index (κ2) is 71.0. The molecular formula is C82H160O17P2. The second-order valence-corrected chi connectivity index (χ2v) is 34.1. The van der Waals surface area contributed by atoms with Crippen LogP contribution in [0.1, 0.15) is 421 Å². The first-order valence-electron chi connectivity index (χ1n) is 42.2. The van der Waals surface area contributed by atoms with Crippen LogP contribution in [0.25, 0.3) is 0 Å². The van der Waals surface area contributed by atoms with E-state index in [0.29, 0.717) is 25.7 Å². The number of ether oxygens (including phenoxy) is 4. The van der Waals surface area contributed by atoms with Crippen molar-refractivity contribution in [2.24, 2.45) is 23.7 Å². The summed E-state index contributed by atoms with van der Waals surface area (Å²) in [4.78, 5) is 73.1. The first-order valence-corrected chi connectivity index (χ1v) is 45.2. The number of phosphoric acid groups is 2. The Labute approximate surface area is 619 Å². The number of phosphoric ester groups is 2. The van der Waals surface area contributed by atoms with Crippen molar-refractivity contribution in [3.8, 4) is 0 Å². The third-order valence-electron chi connectivity index (χ3n) is 19.4. The predicted molar refractivity (Wildman–Crippen MR) is 414 cm³/mol. The zero-order valence-corrected chi connectivity index (χ0v) is 68.3. The SMILES string of the molecule is CCC(C)CCCCCCCCC(=O)OC[C@H](COP(=O)(O)OC[C@H](O)COP(=O)(O)OC[C@@H](COC(=O)CCCCCCCCCCCCCCCCCC(C)C)OC(=O)CCCCCCCCCCCCCCCCC(C)C)OC(=O)CCCCCCCCCCCCCCCC(C)C. The number of unbranched alkanes of at least 4 members (excludes halogenated alkanes) is 44. The lowest BCUT2D eigenvalue weighted by atomic mass is 10.00. The minimum absolute atomic E-state index is 0.106. The topological polar surface area (TPSA) is 237 Å². The Balaban J connectivity index is 5.25. The zero-order chi connectivity index (χ0) is 74.6. The van der Waals surface area contributed by atoms with E-state index < -0.39 is 97.5 Å². The van der Waals surface area contributed by atoms with E-state index in [0.717, 1.165) is 120 Å². The lowest BCUT2D eigenvalue weighted by Gasteiger charge is -2.21. The Morgan fingerprint density at radius 2 is 0.475 bits per heavy atom. The standard InChI is InChI=1S/C82H160O17P2/c1-9-75(8)61-53-45-40-41-47-55-63-80(85)93-69-78(99-82(87)65-57-49-39-33-27-21-15-18-24-30-36-44-52-60-74(6)7)71-97-101(90,91)95-67-76(83)66-94-100(88,89)96-70-77(98-81(86)64-56-48-38-32-26-20-14-13-17-23-29-35-43-51-59-73(4)5)68-92-79(84)62-54-46-37-31-25-19-12-10-11-16-22-28-34-42-50-58-72(2)3/h72-78,83H,9-71H2,1-8H3,(H,88,89)(H,90,91)/t75?,76-,77-,78-/m1/s1. The first kappa shape index (κ1) is 99.1. The summed E-state index contributed by atoms with van der Waals surface area (Å²) in [6, 6.07) is 0.